The highest BCUT2D eigenvalue weighted by Crippen LogP contribution is 2.16. The van der Waals surface area contributed by atoms with Crippen LogP contribution in [-0.4, -0.2) is 30.6 Å². The molecule has 3 N–H and O–H groups in total. The van der Waals surface area contributed by atoms with E-state index in [-0.39, 0.29) is 18.2 Å². The molecule has 0 saturated heterocycles. The third-order valence-corrected chi connectivity index (χ3v) is 1.84. The number of rotatable bonds is 6. The number of non-ortho nitro benzene ring substituents is 1. The van der Waals surface area contributed by atoms with Crippen LogP contribution in [0.25, 0.3) is 0 Å². The van der Waals surface area contributed by atoms with Crippen LogP contribution in [-0.2, 0) is 9.53 Å². The smallest absolute Gasteiger partial charge is 0.271 e. The summed E-state index contributed by atoms with van der Waals surface area (Å²) in [6.07, 6.45) is 0. The van der Waals surface area contributed by atoms with Crippen molar-refractivity contribution in [3.8, 4) is 0 Å². The summed E-state index contributed by atoms with van der Waals surface area (Å²) in [4.78, 5) is 21.3. The maximum Gasteiger partial charge on any atom is 0.271 e. The summed E-state index contributed by atoms with van der Waals surface area (Å²) >= 11 is 0. The molecule has 0 spiro atoms. The number of nitrogens with zero attached hydrogens (tertiary/aromatic N) is 1. The molecule has 7 heteroatoms. The fourth-order valence-electron chi connectivity index (χ4n) is 1.14. The van der Waals surface area contributed by atoms with Crippen molar-refractivity contribution in [1.82, 2.24) is 0 Å². The molecular formula is C10H13N3O4. The highest BCUT2D eigenvalue weighted by atomic mass is 16.6. The first kappa shape index (κ1) is 13.1. The van der Waals surface area contributed by atoms with E-state index in [1.807, 2.05) is 0 Å². The van der Waals surface area contributed by atoms with Gasteiger partial charge in [-0.05, 0) is 6.07 Å². The van der Waals surface area contributed by atoms with Gasteiger partial charge in [0.05, 0.1) is 11.5 Å². The largest absolute Gasteiger partial charge is 0.370 e. The van der Waals surface area contributed by atoms with Gasteiger partial charge < -0.3 is 15.8 Å². The molecule has 0 saturated carbocycles. The lowest BCUT2D eigenvalue weighted by Gasteiger charge is -2.05. The van der Waals surface area contributed by atoms with E-state index in [1.54, 1.807) is 6.07 Å². The van der Waals surface area contributed by atoms with Crippen molar-refractivity contribution < 1.29 is 14.5 Å². The van der Waals surface area contributed by atoms with Gasteiger partial charge in [-0.3, -0.25) is 14.9 Å². The van der Waals surface area contributed by atoms with Crippen molar-refractivity contribution in [3.63, 3.8) is 0 Å². The zero-order valence-corrected chi connectivity index (χ0v) is 9.09. The number of nitro benzene ring substituents is 1. The Kier molecular flexibility index (Phi) is 5.05. The Morgan fingerprint density at radius 3 is 2.94 bits per heavy atom. The Hall–Kier alpha value is -1.99. The van der Waals surface area contributed by atoms with Gasteiger partial charge in [-0.15, -0.1) is 0 Å². The van der Waals surface area contributed by atoms with E-state index in [2.05, 4.69) is 5.32 Å². The molecule has 1 rings (SSSR count). The van der Waals surface area contributed by atoms with Gasteiger partial charge in [0.2, 0.25) is 5.91 Å². The molecule has 0 bridgehead atoms. The van der Waals surface area contributed by atoms with Gasteiger partial charge in [0.1, 0.15) is 6.61 Å². The second kappa shape index (κ2) is 6.56. The molecule has 0 aliphatic carbocycles. The lowest BCUT2D eigenvalue weighted by atomic mass is 10.3. The number of anilines is 1. The average molecular weight is 239 g/mol. The number of ether oxygens (including phenoxy) is 1. The Balaban J connectivity index is 2.53. The minimum Gasteiger partial charge on any atom is -0.370 e. The van der Waals surface area contributed by atoms with Crippen LogP contribution < -0.4 is 11.1 Å². The van der Waals surface area contributed by atoms with Crippen LogP contribution in [0.5, 0.6) is 0 Å². The normalized spacial score (nSPS) is 9.94. The van der Waals surface area contributed by atoms with Crippen molar-refractivity contribution in [2.75, 3.05) is 25.1 Å². The van der Waals surface area contributed by atoms with Gasteiger partial charge in [-0.1, -0.05) is 6.07 Å². The lowest BCUT2D eigenvalue weighted by molar-refractivity contribution is -0.384. The highest BCUT2D eigenvalue weighted by molar-refractivity contribution is 5.91. The average Bonchev–Trinajstić information content (AvgIpc) is 2.29. The Morgan fingerprint density at radius 1 is 1.53 bits per heavy atom. The maximum atomic E-state index is 11.3. The molecule has 0 aliphatic rings. The summed E-state index contributed by atoms with van der Waals surface area (Å²) in [6, 6.07) is 5.68. The van der Waals surface area contributed by atoms with Crippen molar-refractivity contribution >= 4 is 17.3 Å². The Morgan fingerprint density at radius 2 is 2.29 bits per heavy atom. The molecule has 0 fully saturated rings. The van der Waals surface area contributed by atoms with Crippen LogP contribution in [0.1, 0.15) is 0 Å². The Bertz CT molecular complexity index is 408. The molecule has 0 aliphatic heterocycles. The van der Waals surface area contributed by atoms with E-state index < -0.39 is 4.92 Å². The fourth-order valence-corrected chi connectivity index (χ4v) is 1.14. The molecule has 0 heterocycles. The van der Waals surface area contributed by atoms with Crippen LogP contribution in [0.15, 0.2) is 24.3 Å². The predicted molar refractivity (Wildman–Crippen MR) is 61.6 cm³/mol. The van der Waals surface area contributed by atoms with Gasteiger partial charge in [0.15, 0.2) is 0 Å². The van der Waals surface area contributed by atoms with Gasteiger partial charge in [-0.25, -0.2) is 0 Å². The molecule has 1 aromatic carbocycles. The predicted octanol–water partition coefficient (Wildman–Crippen LogP) is 0.509. The summed E-state index contributed by atoms with van der Waals surface area (Å²) < 4.78 is 4.92. The minimum atomic E-state index is -0.527. The molecule has 0 aromatic heterocycles. The monoisotopic (exact) mass is 239 g/mol. The van der Waals surface area contributed by atoms with Crippen molar-refractivity contribution in [2.45, 2.75) is 0 Å². The fraction of sp³-hybridized carbons (Fsp3) is 0.300. The molecule has 7 nitrogen and oxygen atoms in total. The number of carbonyl (C=O) groups excluding carboxylic acids is 1. The summed E-state index contributed by atoms with van der Waals surface area (Å²) in [7, 11) is 0. The molecule has 0 unspecified atom stereocenters. The zero-order chi connectivity index (χ0) is 12.7. The molecular weight excluding hydrogens is 226 g/mol. The van der Waals surface area contributed by atoms with Crippen LogP contribution in [0.3, 0.4) is 0 Å². The van der Waals surface area contributed by atoms with Crippen LogP contribution >= 0.6 is 0 Å². The third-order valence-electron chi connectivity index (χ3n) is 1.84. The van der Waals surface area contributed by atoms with Gasteiger partial charge in [0.25, 0.3) is 5.69 Å². The van der Waals surface area contributed by atoms with Gasteiger partial charge in [0, 0.05) is 24.4 Å². The van der Waals surface area contributed by atoms with Crippen LogP contribution in [0.4, 0.5) is 11.4 Å². The zero-order valence-electron chi connectivity index (χ0n) is 9.09. The van der Waals surface area contributed by atoms with Crippen LogP contribution in [0.2, 0.25) is 0 Å². The SMILES string of the molecule is NCCOCC(=O)Nc1cccc([N+](=O)[O-])c1. The summed E-state index contributed by atoms with van der Waals surface area (Å²) in [5.41, 5.74) is 5.47. The second-order valence-corrected chi connectivity index (χ2v) is 3.20. The molecule has 1 amide bonds. The quantitative estimate of drug-likeness (QED) is 0.427. The van der Waals surface area contributed by atoms with E-state index in [0.717, 1.165) is 0 Å². The first-order valence-corrected chi connectivity index (χ1v) is 4.95. The number of nitro groups is 1. The lowest BCUT2D eigenvalue weighted by Crippen LogP contribution is -2.20. The number of hydrogen-bond donors (Lipinski definition) is 2. The number of hydrogen-bond acceptors (Lipinski definition) is 5. The third kappa shape index (κ3) is 4.58. The number of benzene rings is 1. The minimum absolute atomic E-state index is 0.0781. The number of nitrogens with one attached hydrogen (secondary N) is 1. The molecule has 0 atom stereocenters. The van der Waals surface area contributed by atoms with E-state index in [1.165, 1.54) is 18.2 Å². The van der Waals surface area contributed by atoms with E-state index in [4.69, 9.17) is 10.5 Å². The molecule has 0 radical (unpaired) electrons. The number of nitrogens with two attached hydrogens (primary N) is 1. The van der Waals surface area contributed by atoms with Crippen molar-refractivity contribution in [1.29, 1.82) is 0 Å². The Labute approximate surface area is 97.7 Å². The first-order valence-electron chi connectivity index (χ1n) is 4.95. The summed E-state index contributed by atoms with van der Waals surface area (Å²) in [6.45, 7) is 0.506. The number of carbonyl (C=O) groups is 1. The van der Waals surface area contributed by atoms with Gasteiger partial charge >= 0.3 is 0 Å². The van der Waals surface area contributed by atoms with Gasteiger partial charge in [-0.2, -0.15) is 0 Å². The van der Waals surface area contributed by atoms with Crippen LogP contribution in [0, 0.1) is 10.1 Å². The molecule has 17 heavy (non-hydrogen) atoms. The van der Waals surface area contributed by atoms with Crippen molar-refractivity contribution in [3.05, 3.63) is 34.4 Å². The standard InChI is InChI=1S/C10H13N3O4/c11-4-5-17-7-10(14)12-8-2-1-3-9(6-8)13(15)16/h1-3,6H,4-5,7,11H2,(H,12,14). The number of amides is 1. The van der Waals surface area contributed by atoms with Crippen molar-refractivity contribution in [2.24, 2.45) is 5.73 Å². The van der Waals surface area contributed by atoms with E-state index >= 15 is 0 Å². The molecule has 1 aromatic rings. The van der Waals surface area contributed by atoms with E-state index in [0.29, 0.717) is 18.8 Å². The maximum absolute atomic E-state index is 11.3. The molecule has 92 valence electrons. The first-order chi connectivity index (χ1) is 8.13. The highest BCUT2D eigenvalue weighted by Gasteiger charge is 2.07. The summed E-state index contributed by atoms with van der Waals surface area (Å²) in [5.74, 6) is -0.376. The summed E-state index contributed by atoms with van der Waals surface area (Å²) in [5, 5.41) is 13.0. The van der Waals surface area contributed by atoms with E-state index in [9.17, 15) is 14.9 Å². The topological polar surface area (TPSA) is 107 Å². The second-order valence-electron chi connectivity index (χ2n) is 3.20.